The molecule has 0 radical (unpaired) electrons. The van der Waals surface area contributed by atoms with Crippen molar-refractivity contribution in [2.45, 2.75) is 369 Å². The Labute approximate surface area is 567 Å². The number of phosphoric ester groups is 2. The zero-order chi connectivity index (χ0) is 68.7. The van der Waals surface area contributed by atoms with Crippen LogP contribution in [0, 0.1) is 17.8 Å². The molecule has 93 heavy (non-hydrogen) atoms. The van der Waals surface area contributed by atoms with E-state index in [1.165, 1.54) is 135 Å². The van der Waals surface area contributed by atoms with Gasteiger partial charge in [0.2, 0.25) is 0 Å². The fraction of sp³-hybridized carbons (Fsp3) is 0.892. The molecule has 3 N–H and O–H groups in total. The first-order valence-electron chi connectivity index (χ1n) is 37.7. The molecule has 0 aromatic rings. The summed E-state index contributed by atoms with van der Waals surface area (Å²) in [5.74, 6) is 0.112. The molecule has 0 fully saturated rings. The molecule has 0 saturated heterocycles. The van der Waals surface area contributed by atoms with Crippen molar-refractivity contribution in [2.24, 2.45) is 17.8 Å². The number of aliphatic hydroxyl groups excluding tert-OH is 1. The monoisotopic (exact) mass is 1360 g/mol. The Morgan fingerprint density at radius 2 is 0.634 bits per heavy atom. The van der Waals surface area contributed by atoms with Crippen molar-refractivity contribution in [3.63, 3.8) is 0 Å². The van der Waals surface area contributed by atoms with Gasteiger partial charge in [-0.25, -0.2) is 9.13 Å². The van der Waals surface area contributed by atoms with E-state index in [-0.39, 0.29) is 25.7 Å². The molecule has 7 atom stereocenters. The Kier molecular flexibility index (Phi) is 62.5. The van der Waals surface area contributed by atoms with E-state index in [9.17, 15) is 43.2 Å². The maximum atomic E-state index is 13.1. The fourth-order valence-corrected chi connectivity index (χ4v) is 12.2. The van der Waals surface area contributed by atoms with Gasteiger partial charge in [0.15, 0.2) is 12.2 Å². The summed E-state index contributed by atoms with van der Waals surface area (Å²) in [6.45, 7) is 11.8. The second-order valence-electron chi connectivity index (χ2n) is 27.0. The highest BCUT2D eigenvalue weighted by Gasteiger charge is 2.30. The lowest BCUT2D eigenvalue weighted by atomic mass is 9.99. The van der Waals surface area contributed by atoms with Crippen LogP contribution in [0.25, 0.3) is 0 Å². The van der Waals surface area contributed by atoms with Crippen LogP contribution in [0.5, 0.6) is 0 Å². The number of phosphoric acid groups is 2. The molecule has 4 unspecified atom stereocenters. The molecule has 0 amide bonds. The Bertz CT molecular complexity index is 1920. The van der Waals surface area contributed by atoms with Crippen LogP contribution in [0.2, 0.25) is 0 Å². The molecule has 0 aliphatic carbocycles. The number of hydrogen-bond donors (Lipinski definition) is 3. The van der Waals surface area contributed by atoms with Gasteiger partial charge in [0.05, 0.1) is 26.4 Å². The molecule has 0 rings (SSSR count). The normalized spacial score (nSPS) is 14.9. The Morgan fingerprint density at radius 3 is 0.957 bits per heavy atom. The molecule has 0 bridgehead atoms. The number of carbonyl (C=O) groups is 4. The number of allylic oxidation sites excluding steroid dienone is 4. The zero-order valence-corrected chi connectivity index (χ0v) is 62.0. The third-order valence-corrected chi connectivity index (χ3v) is 19.1. The summed E-state index contributed by atoms with van der Waals surface area (Å²) >= 11 is 0. The number of carbonyl (C=O) groups excluding carboxylic acids is 4. The van der Waals surface area contributed by atoms with Gasteiger partial charge in [-0.05, 0) is 69.1 Å². The standard InChI is InChI=1S/C74H140O17P2/c1-8-11-12-13-14-15-16-17-18-22-25-28-33-41-48-55-71(76)84-61-69(90-73(78)57-50-43-34-29-26-23-20-19-21-24-27-32-39-46-53-66(6)9-2)63-88-92(80,81)86-59-68(75)60-87-93(82,83)89-64-70(91-74(79)58-51-44-35-30-31-38-45-52-65(4)5)62-85-72(77)56-49-42-37-36-40-47-54-67(7)10-3/h15-18,65-70,75H,8-14,19-64H2,1-7H3,(H,80,81)(H,82,83)/b16-15-,18-17-/t66?,67?,68-,69-,70-/m1/s1. The van der Waals surface area contributed by atoms with E-state index < -0.39 is 97.5 Å². The van der Waals surface area contributed by atoms with Gasteiger partial charge < -0.3 is 33.8 Å². The lowest BCUT2D eigenvalue weighted by Crippen LogP contribution is -2.30. The predicted molar refractivity (Wildman–Crippen MR) is 377 cm³/mol. The Balaban J connectivity index is 5.27. The van der Waals surface area contributed by atoms with Gasteiger partial charge in [-0.15, -0.1) is 0 Å². The number of unbranched alkanes of at least 4 members (excludes halogenated alkanes) is 33. The van der Waals surface area contributed by atoms with Crippen molar-refractivity contribution >= 4 is 39.5 Å². The quantitative estimate of drug-likeness (QED) is 0.0169. The van der Waals surface area contributed by atoms with Gasteiger partial charge in [0.25, 0.3) is 0 Å². The number of ether oxygens (including phenoxy) is 4. The van der Waals surface area contributed by atoms with E-state index in [0.717, 1.165) is 127 Å². The van der Waals surface area contributed by atoms with Crippen molar-refractivity contribution in [1.82, 2.24) is 0 Å². The van der Waals surface area contributed by atoms with Gasteiger partial charge in [-0.1, -0.05) is 297 Å². The molecule has 0 aromatic carbocycles. The van der Waals surface area contributed by atoms with E-state index in [2.05, 4.69) is 72.8 Å². The number of esters is 4. The minimum atomic E-state index is -4.96. The van der Waals surface area contributed by atoms with Gasteiger partial charge in [0.1, 0.15) is 19.3 Å². The van der Waals surface area contributed by atoms with Crippen LogP contribution in [0.1, 0.15) is 350 Å². The summed E-state index contributed by atoms with van der Waals surface area (Å²) in [7, 11) is -9.92. The van der Waals surface area contributed by atoms with E-state index >= 15 is 0 Å². The van der Waals surface area contributed by atoms with Gasteiger partial charge in [-0.3, -0.25) is 37.3 Å². The highest BCUT2D eigenvalue weighted by atomic mass is 31.2. The van der Waals surface area contributed by atoms with Crippen LogP contribution in [0.4, 0.5) is 0 Å². The lowest BCUT2D eigenvalue weighted by Gasteiger charge is -2.21. The van der Waals surface area contributed by atoms with E-state index in [4.69, 9.17) is 37.0 Å². The average Bonchev–Trinajstić information content (AvgIpc) is 2.94. The molecule has 548 valence electrons. The smallest absolute Gasteiger partial charge is 0.462 e. The van der Waals surface area contributed by atoms with Crippen LogP contribution >= 0.6 is 15.6 Å². The van der Waals surface area contributed by atoms with Gasteiger partial charge >= 0.3 is 39.5 Å². The molecular formula is C74H140O17P2. The summed E-state index contributed by atoms with van der Waals surface area (Å²) in [6, 6.07) is 0. The predicted octanol–water partition coefficient (Wildman–Crippen LogP) is 21.0. The van der Waals surface area contributed by atoms with Crippen molar-refractivity contribution in [1.29, 1.82) is 0 Å². The van der Waals surface area contributed by atoms with Crippen LogP contribution in [-0.4, -0.2) is 96.7 Å². The SMILES string of the molecule is CCCCCC/C=C\C=C/CCCCCCCC(=O)OC[C@H](COP(=O)(O)OC[C@@H](O)COP(=O)(O)OC[C@@H](COC(=O)CCCCCCCCC(C)CC)OC(=O)CCCCCCCCCC(C)C)OC(=O)CCCCCCCCCCCCCCCCC(C)CC. The summed E-state index contributed by atoms with van der Waals surface area (Å²) in [5, 5.41) is 10.6. The Morgan fingerprint density at radius 1 is 0.355 bits per heavy atom. The average molecular weight is 1360 g/mol. The molecule has 0 aromatic heterocycles. The topological polar surface area (TPSA) is 237 Å². The minimum absolute atomic E-state index is 0.100. The van der Waals surface area contributed by atoms with Crippen molar-refractivity contribution < 1.29 is 80.2 Å². The van der Waals surface area contributed by atoms with E-state index in [0.29, 0.717) is 31.6 Å². The van der Waals surface area contributed by atoms with Gasteiger partial charge in [0, 0.05) is 25.7 Å². The molecule has 19 heteroatoms. The van der Waals surface area contributed by atoms with Crippen molar-refractivity contribution in [2.75, 3.05) is 39.6 Å². The first-order chi connectivity index (χ1) is 44.8. The second-order valence-corrected chi connectivity index (χ2v) is 29.9. The third kappa shape index (κ3) is 65.3. The highest BCUT2D eigenvalue weighted by Crippen LogP contribution is 2.45. The highest BCUT2D eigenvalue weighted by molar-refractivity contribution is 7.47. The van der Waals surface area contributed by atoms with Crippen molar-refractivity contribution in [3.8, 4) is 0 Å². The summed E-state index contributed by atoms with van der Waals surface area (Å²) in [6.07, 6.45) is 52.3. The van der Waals surface area contributed by atoms with Crippen LogP contribution in [-0.2, 0) is 65.4 Å². The zero-order valence-electron chi connectivity index (χ0n) is 60.2. The molecule has 0 spiro atoms. The first kappa shape index (κ1) is 90.5. The summed E-state index contributed by atoms with van der Waals surface area (Å²) in [5.41, 5.74) is 0. The minimum Gasteiger partial charge on any atom is -0.462 e. The molecule has 0 saturated carbocycles. The van der Waals surface area contributed by atoms with Gasteiger partial charge in [-0.2, -0.15) is 0 Å². The maximum Gasteiger partial charge on any atom is 0.472 e. The number of hydrogen-bond acceptors (Lipinski definition) is 15. The van der Waals surface area contributed by atoms with Crippen LogP contribution in [0.3, 0.4) is 0 Å². The molecule has 0 aliphatic rings. The first-order valence-corrected chi connectivity index (χ1v) is 40.7. The van der Waals surface area contributed by atoms with Crippen molar-refractivity contribution in [3.05, 3.63) is 24.3 Å². The number of rotatable bonds is 70. The summed E-state index contributed by atoms with van der Waals surface area (Å²) < 4.78 is 68.3. The summed E-state index contributed by atoms with van der Waals surface area (Å²) in [4.78, 5) is 72.6. The lowest BCUT2D eigenvalue weighted by molar-refractivity contribution is -0.161. The fourth-order valence-electron chi connectivity index (χ4n) is 10.6. The molecule has 0 heterocycles. The maximum absolute atomic E-state index is 13.1. The largest absolute Gasteiger partial charge is 0.472 e. The van der Waals surface area contributed by atoms with Crippen LogP contribution in [0.15, 0.2) is 24.3 Å². The molecular weight excluding hydrogens is 1220 g/mol. The molecule has 17 nitrogen and oxygen atoms in total. The van der Waals surface area contributed by atoms with E-state index in [1.54, 1.807) is 0 Å². The number of aliphatic hydroxyl groups is 1. The molecule has 0 aliphatic heterocycles. The Hall–Kier alpha value is -2.46. The third-order valence-electron chi connectivity index (χ3n) is 17.2. The second kappa shape index (κ2) is 64.2. The van der Waals surface area contributed by atoms with E-state index in [1.807, 2.05) is 0 Å². The van der Waals surface area contributed by atoms with Crippen LogP contribution < -0.4 is 0 Å².